The molecular formula is C9H13N3O2S. The monoisotopic (exact) mass is 227 g/mol. The van der Waals surface area contributed by atoms with Gasteiger partial charge in [0.05, 0.1) is 12.9 Å². The molecule has 0 atom stereocenters. The maximum absolute atomic E-state index is 10.9. The van der Waals surface area contributed by atoms with E-state index >= 15 is 0 Å². The zero-order chi connectivity index (χ0) is 11.3. The first-order valence-electron chi connectivity index (χ1n) is 4.38. The van der Waals surface area contributed by atoms with Crippen molar-refractivity contribution in [2.24, 2.45) is 0 Å². The highest BCUT2D eigenvalue weighted by Gasteiger charge is 2.08. The summed E-state index contributed by atoms with van der Waals surface area (Å²) >= 11 is 1.34. The molecule has 0 aliphatic carbocycles. The molecule has 5 nitrogen and oxygen atoms in total. The highest BCUT2D eigenvalue weighted by atomic mass is 32.2. The fraction of sp³-hybridized carbons (Fsp3) is 0.444. The second-order valence-electron chi connectivity index (χ2n) is 2.77. The van der Waals surface area contributed by atoms with Gasteiger partial charge in [0.2, 0.25) is 0 Å². The van der Waals surface area contributed by atoms with Crippen molar-refractivity contribution in [2.75, 3.05) is 25.2 Å². The summed E-state index contributed by atoms with van der Waals surface area (Å²) < 4.78 is 4.55. The van der Waals surface area contributed by atoms with Crippen LogP contribution in [-0.2, 0) is 9.53 Å². The highest BCUT2D eigenvalue weighted by molar-refractivity contribution is 7.99. The van der Waals surface area contributed by atoms with Crippen molar-refractivity contribution >= 4 is 23.5 Å². The summed E-state index contributed by atoms with van der Waals surface area (Å²) in [5.74, 6) is 0.777. The zero-order valence-electron chi connectivity index (χ0n) is 8.90. The van der Waals surface area contributed by atoms with Crippen LogP contribution in [-0.4, -0.2) is 35.8 Å². The first-order chi connectivity index (χ1) is 7.19. The van der Waals surface area contributed by atoms with E-state index in [-0.39, 0.29) is 11.7 Å². The van der Waals surface area contributed by atoms with Crippen molar-refractivity contribution in [3.8, 4) is 0 Å². The van der Waals surface area contributed by atoms with E-state index < -0.39 is 0 Å². The minimum Gasteiger partial charge on any atom is -0.468 e. The summed E-state index contributed by atoms with van der Waals surface area (Å²) in [5, 5.41) is 3.75. The number of nitrogens with zero attached hydrogens (tertiary/aromatic N) is 2. The van der Waals surface area contributed by atoms with E-state index in [1.807, 2.05) is 6.92 Å². The number of anilines is 1. The van der Waals surface area contributed by atoms with Crippen molar-refractivity contribution in [3.63, 3.8) is 0 Å². The standard InChI is InChI=1S/C9H13N3O2S/c1-6-8(10-2)11-5-12-9(6)15-4-7(13)14-3/h5H,4H2,1-3H3,(H,10,11,12). The number of nitrogens with one attached hydrogen (secondary N) is 1. The van der Waals surface area contributed by atoms with Crippen LogP contribution in [0.4, 0.5) is 5.82 Å². The van der Waals surface area contributed by atoms with E-state index in [1.165, 1.54) is 25.2 Å². The third kappa shape index (κ3) is 3.09. The van der Waals surface area contributed by atoms with Gasteiger partial charge in [0.1, 0.15) is 17.2 Å². The third-order valence-electron chi connectivity index (χ3n) is 1.83. The molecule has 0 aliphatic heterocycles. The SMILES string of the molecule is CNc1ncnc(SCC(=O)OC)c1C. The highest BCUT2D eigenvalue weighted by Crippen LogP contribution is 2.23. The Morgan fingerprint density at radius 3 is 2.93 bits per heavy atom. The first kappa shape index (κ1) is 11.8. The second kappa shape index (κ2) is 5.55. The summed E-state index contributed by atoms with van der Waals surface area (Å²) in [7, 11) is 3.17. The average molecular weight is 227 g/mol. The molecule has 82 valence electrons. The van der Waals surface area contributed by atoms with Crippen LogP contribution >= 0.6 is 11.8 Å². The number of carbonyl (C=O) groups is 1. The molecule has 0 aliphatic rings. The molecule has 0 fully saturated rings. The number of aromatic nitrogens is 2. The molecule has 0 saturated heterocycles. The molecule has 0 amide bonds. The second-order valence-corrected chi connectivity index (χ2v) is 3.73. The molecule has 6 heteroatoms. The minimum atomic E-state index is -0.260. The molecule has 0 spiro atoms. The van der Waals surface area contributed by atoms with Crippen LogP contribution in [0.15, 0.2) is 11.4 Å². The smallest absolute Gasteiger partial charge is 0.316 e. The number of ether oxygens (including phenoxy) is 1. The zero-order valence-corrected chi connectivity index (χ0v) is 9.72. The molecule has 1 rings (SSSR count). The molecule has 1 heterocycles. The number of carbonyl (C=O) groups excluding carboxylic acids is 1. The molecule has 0 saturated carbocycles. The lowest BCUT2D eigenvalue weighted by molar-refractivity contribution is -0.137. The van der Waals surface area contributed by atoms with Crippen molar-refractivity contribution in [1.29, 1.82) is 0 Å². The van der Waals surface area contributed by atoms with E-state index in [0.717, 1.165) is 16.4 Å². The summed E-state index contributed by atoms with van der Waals surface area (Å²) in [6.07, 6.45) is 1.47. The largest absolute Gasteiger partial charge is 0.468 e. The predicted molar refractivity (Wildman–Crippen MR) is 59.1 cm³/mol. The van der Waals surface area contributed by atoms with E-state index in [1.54, 1.807) is 7.05 Å². The molecule has 0 aromatic carbocycles. The first-order valence-corrected chi connectivity index (χ1v) is 5.36. The Kier molecular flexibility index (Phi) is 4.36. The normalized spacial score (nSPS) is 9.80. The van der Waals surface area contributed by atoms with E-state index in [9.17, 15) is 4.79 Å². The van der Waals surface area contributed by atoms with Crippen molar-refractivity contribution in [2.45, 2.75) is 11.9 Å². The van der Waals surface area contributed by atoms with Gasteiger partial charge in [0, 0.05) is 12.6 Å². The van der Waals surface area contributed by atoms with Crippen LogP contribution in [0.5, 0.6) is 0 Å². The summed E-state index contributed by atoms with van der Waals surface area (Å²) in [6, 6.07) is 0. The number of hydrogen-bond donors (Lipinski definition) is 1. The van der Waals surface area contributed by atoms with E-state index in [4.69, 9.17) is 0 Å². The van der Waals surface area contributed by atoms with Crippen LogP contribution in [0.25, 0.3) is 0 Å². The predicted octanol–water partition coefficient (Wildman–Crippen LogP) is 1.09. The molecule has 1 N–H and O–H groups in total. The lowest BCUT2D eigenvalue weighted by atomic mass is 10.3. The Morgan fingerprint density at radius 1 is 1.60 bits per heavy atom. The minimum absolute atomic E-state index is 0.260. The Bertz CT molecular complexity index is 357. The average Bonchev–Trinajstić information content (AvgIpc) is 2.27. The molecular weight excluding hydrogens is 214 g/mol. The van der Waals surface area contributed by atoms with Crippen LogP contribution < -0.4 is 5.32 Å². The molecule has 0 unspecified atom stereocenters. The summed E-state index contributed by atoms with van der Waals surface area (Å²) in [5.41, 5.74) is 0.939. The van der Waals surface area contributed by atoms with E-state index in [2.05, 4.69) is 20.0 Å². The van der Waals surface area contributed by atoms with Gasteiger partial charge in [-0.25, -0.2) is 9.97 Å². The summed E-state index contributed by atoms with van der Waals surface area (Å²) in [4.78, 5) is 19.1. The van der Waals surface area contributed by atoms with Gasteiger partial charge in [0.25, 0.3) is 0 Å². The maximum atomic E-state index is 10.9. The van der Waals surface area contributed by atoms with Gasteiger partial charge in [-0.1, -0.05) is 11.8 Å². The van der Waals surface area contributed by atoms with Crippen molar-refractivity contribution in [3.05, 3.63) is 11.9 Å². The quantitative estimate of drug-likeness (QED) is 0.472. The Hall–Kier alpha value is -1.30. The molecule has 0 bridgehead atoms. The van der Waals surface area contributed by atoms with Crippen LogP contribution in [0.2, 0.25) is 0 Å². The van der Waals surface area contributed by atoms with Gasteiger partial charge in [-0.05, 0) is 6.92 Å². The molecule has 0 radical (unpaired) electrons. The topological polar surface area (TPSA) is 64.1 Å². The Morgan fingerprint density at radius 2 is 2.33 bits per heavy atom. The van der Waals surface area contributed by atoms with Crippen LogP contribution in [0.1, 0.15) is 5.56 Å². The molecule has 1 aromatic heterocycles. The fourth-order valence-corrected chi connectivity index (χ4v) is 1.83. The molecule has 15 heavy (non-hydrogen) atoms. The van der Waals surface area contributed by atoms with Gasteiger partial charge in [-0.3, -0.25) is 4.79 Å². The van der Waals surface area contributed by atoms with Crippen LogP contribution in [0.3, 0.4) is 0 Å². The number of methoxy groups -OCH3 is 1. The summed E-state index contributed by atoms with van der Waals surface area (Å²) in [6.45, 7) is 1.91. The third-order valence-corrected chi connectivity index (χ3v) is 2.89. The Balaban J connectivity index is 2.73. The molecule has 1 aromatic rings. The van der Waals surface area contributed by atoms with Gasteiger partial charge in [0.15, 0.2) is 0 Å². The fourth-order valence-electron chi connectivity index (χ4n) is 1.02. The maximum Gasteiger partial charge on any atom is 0.316 e. The number of hydrogen-bond acceptors (Lipinski definition) is 6. The Labute approximate surface area is 92.6 Å². The van der Waals surface area contributed by atoms with Gasteiger partial charge in [-0.15, -0.1) is 0 Å². The lowest BCUT2D eigenvalue weighted by Crippen LogP contribution is -2.05. The lowest BCUT2D eigenvalue weighted by Gasteiger charge is -2.07. The van der Waals surface area contributed by atoms with Gasteiger partial charge >= 0.3 is 5.97 Å². The number of esters is 1. The van der Waals surface area contributed by atoms with Crippen molar-refractivity contribution < 1.29 is 9.53 Å². The van der Waals surface area contributed by atoms with Crippen LogP contribution in [0, 0.1) is 6.92 Å². The van der Waals surface area contributed by atoms with Crippen molar-refractivity contribution in [1.82, 2.24) is 9.97 Å². The number of rotatable bonds is 4. The number of thioether (sulfide) groups is 1. The van der Waals surface area contributed by atoms with Gasteiger partial charge in [-0.2, -0.15) is 0 Å². The van der Waals surface area contributed by atoms with E-state index in [0.29, 0.717) is 0 Å². The van der Waals surface area contributed by atoms with Gasteiger partial charge < -0.3 is 10.1 Å².